The minimum Gasteiger partial charge on any atom is -0.748 e. The van der Waals surface area contributed by atoms with Gasteiger partial charge in [0, 0.05) is 5.75 Å². The summed E-state index contributed by atoms with van der Waals surface area (Å²) in [6.45, 7) is 6.32. The van der Waals surface area contributed by atoms with E-state index in [9.17, 15) is 13.0 Å². The van der Waals surface area contributed by atoms with Crippen molar-refractivity contribution in [3.63, 3.8) is 0 Å². The summed E-state index contributed by atoms with van der Waals surface area (Å²) in [5.74, 6) is -0.158. The van der Waals surface area contributed by atoms with Gasteiger partial charge in [-0.2, -0.15) is 0 Å². The Morgan fingerprint density at radius 2 is 1.43 bits per heavy atom. The summed E-state index contributed by atoms with van der Waals surface area (Å²) in [7, 11) is -5.41. The van der Waals surface area contributed by atoms with Gasteiger partial charge in [-0.15, -0.1) is 0 Å². The normalized spacial score (nSPS) is 12.3. The number of rotatable bonds is 6. The molecular formula is C8H19KO3SSi. The zero-order valence-electron chi connectivity index (χ0n) is 9.67. The Kier molecular flexibility index (Phi) is 10.3. The maximum Gasteiger partial charge on any atom is 1.00 e. The van der Waals surface area contributed by atoms with E-state index in [4.69, 9.17) is 0 Å². The Bertz CT molecular complexity index is 229. The Hall–Kier alpha value is 1.76. The van der Waals surface area contributed by atoms with Crippen molar-refractivity contribution in [2.24, 2.45) is 0 Å². The standard InChI is InChI=1S/C8H20O3SSi.K/c1-4-13(5-2,6-3)8-7-12(9,10)11;/h4-8H2,1-3H3,(H,9,10,11);/q;+1/p-1. The molecule has 0 spiro atoms. The Morgan fingerprint density at radius 3 is 1.64 bits per heavy atom. The van der Waals surface area contributed by atoms with Crippen molar-refractivity contribution in [3.05, 3.63) is 0 Å². The summed E-state index contributed by atoms with van der Waals surface area (Å²) in [6.07, 6.45) is 0. The molecule has 3 nitrogen and oxygen atoms in total. The van der Waals surface area contributed by atoms with Crippen LogP contribution in [-0.2, 0) is 10.1 Å². The van der Waals surface area contributed by atoms with Crippen LogP contribution in [0.3, 0.4) is 0 Å². The third kappa shape index (κ3) is 7.11. The van der Waals surface area contributed by atoms with E-state index in [-0.39, 0.29) is 57.1 Å². The van der Waals surface area contributed by atoms with Crippen molar-refractivity contribution < 1.29 is 64.4 Å². The van der Waals surface area contributed by atoms with Crippen LogP contribution in [-0.4, -0.2) is 26.8 Å². The average Bonchev–Trinajstić information content (AvgIpc) is 2.06. The average molecular weight is 262 g/mol. The van der Waals surface area contributed by atoms with E-state index in [2.05, 4.69) is 20.8 Å². The van der Waals surface area contributed by atoms with Gasteiger partial charge in [0.15, 0.2) is 0 Å². The van der Waals surface area contributed by atoms with E-state index in [0.717, 1.165) is 18.1 Å². The molecule has 0 aromatic carbocycles. The van der Waals surface area contributed by atoms with Crippen molar-refractivity contribution in [3.8, 4) is 0 Å². The maximum absolute atomic E-state index is 10.5. The van der Waals surface area contributed by atoms with E-state index in [0.29, 0.717) is 6.04 Å². The maximum atomic E-state index is 10.5. The van der Waals surface area contributed by atoms with Crippen molar-refractivity contribution in [2.75, 3.05) is 5.75 Å². The van der Waals surface area contributed by atoms with E-state index in [1.165, 1.54) is 0 Å². The molecule has 0 aromatic rings. The molecule has 0 atom stereocenters. The molecule has 0 saturated carbocycles. The molecule has 14 heavy (non-hydrogen) atoms. The van der Waals surface area contributed by atoms with Crippen molar-refractivity contribution in [1.29, 1.82) is 0 Å². The van der Waals surface area contributed by atoms with Crippen LogP contribution in [0.25, 0.3) is 0 Å². The summed E-state index contributed by atoms with van der Waals surface area (Å²) < 4.78 is 31.5. The van der Waals surface area contributed by atoms with Crippen LogP contribution in [0, 0.1) is 0 Å². The van der Waals surface area contributed by atoms with Gasteiger partial charge in [-0.1, -0.05) is 38.9 Å². The van der Waals surface area contributed by atoms with Crippen molar-refractivity contribution in [2.45, 2.75) is 44.9 Å². The molecule has 0 aromatic heterocycles. The molecule has 0 aliphatic carbocycles. The smallest absolute Gasteiger partial charge is 0.748 e. The third-order valence-electron chi connectivity index (χ3n) is 3.13. The first kappa shape index (κ1) is 18.1. The van der Waals surface area contributed by atoms with Gasteiger partial charge in [-0.25, -0.2) is 8.42 Å². The molecule has 0 radical (unpaired) electrons. The number of hydrogen-bond acceptors (Lipinski definition) is 3. The van der Waals surface area contributed by atoms with Gasteiger partial charge in [0.2, 0.25) is 0 Å². The summed E-state index contributed by atoms with van der Waals surface area (Å²) >= 11 is 0. The summed E-state index contributed by atoms with van der Waals surface area (Å²) in [5, 5.41) is 0. The second-order valence-electron chi connectivity index (χ2n) is 3.57. The Balaban J connectivity index is 0. The first-order valence-electron chi connectivity index (χ1n) is 4.82. The topological polar surface area (TPSA) is 57.2 Å². The summed E-state index contributed by atoms with van der Waals surface area (Å²) in [6, 6.07) is 3.88. The minimum atomic E-state index is -4.00. The second-order valence-corrected chi connectivity index (χ2v) is 10.7. The van der Waals surface area contributed by atoms with E-state index in [1.807, 2.05) is 0 Å². The first-order chi connectivity index (χ1) is 5.89. The quantitative estimate of drug-likeness (QED) is 0.458. The van der Waals surface area contributed by atoms with Gasteiger partial charge < -0.3 is 4.55 Å². The summed E-state index contributed by atoms with van der Waals surface area (Å²) in [5.41, 5.74) is 0. The van der Waals surface area contributed by atoms with Crippen LogP contribution in [0.5, 0.6) is 0 Å². The predicted molar refractivity (Wildman–Crippen MR) is 56.6 cm³/mol. The molecule has 0 fully saturated rings. The second kappa shape index (κ2) is 7.94. The van der Waals surface area contributed by atoms with Crippen LogP contribution in [0.4, 0.5) is 0 Å². The monoisotopic (exact) mass is 262 g/mol. The van der Waals surface area contributed by atoms with Gasteiger partial charge in [0.25, 0.3) is 0 Å². The van der Waals surface area contributed by atoms with Gasteiger partial charge in [-0.05, 0) is 6.04 Å². The van der Waals surface area contributed by atoms with Gasteiger partial charge in [0.05, 0.1) is 18.2 Å². The molecule has 0 aliphatic rings. The SMILES string of the molecule is CC[Si](CC)(CC)CCS(=O)(=O)[O-].[K+]. The zero-order chi connectivity index (χ0) is 10.5. The molecule has 0 heterocycles. The molecule has 6 heteroatoms. The van der Waals surface area contributed by atoms with Crippen LogP contribution >= 0.6 is 0 Å². The molecule has 0 rings (SSSR count). The van der Waals surface area contributed by atoms with Crippen molar-refractivity contribution >= 4 is 18.2 Å². The van der Waals surface area contributed by atoms with Gasteiger partial charge in [-0.3, -0.25) is 0 Å². The molecule has 0 saturated heterocycles. The van der Waals surface area contributed by atoms with E-state index < -0.39 is 18.2 Å². The molecule has 0 N–H and O–H groups in total. The third-order valence-corrected chi connectivity index (χ3v) is 10.0. The molecule has 0 unspecified atom stereocenters. The van der Waals surface area contributed by atoms with Crippen molar-refractivity contribution in [1.82, 2.24) is 0 Å². The predicted octanol–water partition coefficient (Wildman–Crippen LogP) is -0.956. The van der Waals surface area contributed by atoms with Gasteiger partial charge in [0.1, 0.15) is 0 Å². The van der Waals surface area contributed by atoms with Crippen LogP contribution in [0.2, 0.25) is 24.2 Å². The zero-order valence-corrected chi connectivity index (χ0v) is 14.6. The number of hydrogen-bond donors (Lipinski definition) is 0. The van der Waals surface area contributed by atoms with E-state index in [1.54, 1.807) is 0 Å². The van der Waals surface area contributed by atoms with Crippen LogP contribution < -0.4 is 51.4 Å². The molecule has 0 aliphatic heterocycles. The van der Waals surface area contributed by atoms with Gasteiger partial charge >= 0.3 is 51.4 Å². The largest absolute Gasteiger partial charge is 1.00 e. The molecular weight excluding hydrogens is 243 g/mol. The fraction of sp³-hybridized carbons (Fsp3) is 1.00. The fourth-order valence-corrected chi connectivity index (χ4v) is 6.91. The first-order valence-corrected chi connectivity index (χ1v) is 9.23. The summed E-state index contributed by atoms with van der Waals surface area (Å²) in [4.78, 5) is 0. The Morgan fingerprint density at radius 1 is 1.07 bits per heavy atom. The Labute approximate surface area is 131 Å². The molecule has 0 amide bonds. The minimum absolute atomic E-state index is 0. The van der Waals surface area contributed by atoms with E-state index >= 15 is 0 Å². The molecule has 80 valence electrons. The van der Waals surface area contributed by atoms with Crippen LogP contribution in [0.15, 0.2) is 0 Å². The molecule has 0 bridgehead atoms. The fourth-order valence-electron chi connectivity index (χ4n) is 1.62. The van der Waals surface area contributed by atoms with Crippen LogP contribution in [0.1, 0.15) is 20.8 Å².